The molecule has 0 bridgehead atoms. The van der Waals surface area contributed by atoms with Crippen molar-refractivity contribution >= 4 is 41.5 Å². The molecule has 0 spiro atoms. The molecule has 0 amide bonds. The van der Waals surface area contributed by atoms with E-state index < -0.39 is 36.6 Å². The Hall–Kier alpha value is -0.710. The molecule has 1 unspecified atom stereocenters. The molecule has 1 aliphatic heterocycles. The topological polar surface area (TPSA) is 97.5 Å². The Morgan fingerprint density at radius 1 is 1.43 bits per heavy atom. The predicted molar refractivity (Wildman–Crippen MR) is 80.5 cm³/mol. The lowest BCUT2D eigenvalue weighted by Crippen LogP contribution is -2.49. The molecule has 0 radical (unpaired) electrons. The lowest BCUT2D eigenvalue weighted by atomic mass is 10.3. The first-order valence-electron chi connectivity index (χ1n) is 6.01. The maximum Gasteiger partial charge on any atom is 0.246 e. The third-order valence-electron chi connectivity index (χ3n) is 3.21. The molecule has 118 valence electrons. The van der Waals surface area contributed by atoms with E-state index in [2.05, 4.69) is 15.9 Å². The van der Waals surface area contributed by atoms with Gasteiger partial charge in [-0.1, -0.05) is 0 Å². The number of nitrogen functional groups attached to an aromatic ring is 1. The molecule has 1 aromatic rings. The molecule has 1 saturated heterocycles. The van der Waals surface area contributed by atoms with Gasteiger partial charge in [0.1, 0.15) is 4.90 Å². The van der Waals surface area contributed by atoms with Gasteiger partial charge in [-0.2, -0.15) is 4.31 Å². The summed E-state index contributed by atoms with van der Waals surface area (Å²) in [6, 6.07) is 1.54. The smallest absolute Gasteiger partial charge is 0.246 e. The molecule has 0 saturated carbocycles. The van der Waals surface area contributed by atoms with Gasteiger partial charge in [-0.05, 0) is 35.0 Å². The number of halogens is 2. The van der Waals surface area contributed by atoms with Gasteiger partial charge >= 0.3 is 0 Å². The standard InChI is InChI=1S/C11H14BrFN2O4S2/c1-7-6-20(16,17)3-2-15(7)21(18,19)10-5-8(14)4-9(12)11(10)13/h4-5,7H,2-3,6,14H2,1H3. The van der Waals surface area contributed by atoms with Crippen LogP contribution in [0.25, 0.3) is 0 Å². The summed E-state index contributed by atoms with van der Waals surface area (Å²) in [6.45, 7) is 1.28. The van der Waals surface area contributed by atoms with Crippen molar-refractivity contribution in [2.24, 2.45) is 0 Å². The van der Waals surface area contributed by atoms with Crippen molar-refractivity contribution in [3.8, 4) is 0 Å². The van der Waals surface area contributed by atoms with Crippen LogP contribution >= 0.6 is 15.9 Å². The number of rotatable bonds is 2. The van der Waals surface area contributed by atoms with Gasteiger partial charge < -0.3 is 5.73 Å². The minimum Gasteiger partial charge on any atom is -0.399 e. The fraction of sp³-hybridized carbons (Fsp3) is 0.455. The number of benzene rings is 1. The van der Waals surface area contributed by atoms with Crippen molar-refractivity contribution < 1.29 is 21.2 Å². The van der Waals surface area contributed by atoms with Crippen LogP contribution < -0.4 is 5.73 Å². The molecule has 2 rings (SSSR count). The number of anilines is 1. The maximum atomic E-state index is 14.1. The average molecular weight is 401 g/mol. The monoisotopic (exact) mass is 400 g/mol. The number of nitrogens with zero attached hydrogens (tertiary/aromatic N) is 1. The van der Waals surface area contributed by atoms with Gasteiger partial charge in [0.2, 0.25) is 10.0 Å². The number of sulfone groups is 1. The Kier molecular flexibility index (Phi) is 4.35. The van der Waals surface area contributed by atoms with Crippen LogP contribution in [0.4, 0.5) is 10.1 Å². The summed E-state index contributed by atoms with van der Waals surface area (Å²) in [4.78, 5) is -0.555. The number of hydrogen-bond acceptors (Lipinski definition) is 5. The van der Waals surface area contributed by atoms with Gasteiger partial charge in [-0.25, -0.2) is 21.2 Å². The zero-order valence-corrected chi connectivity index (χ0v) is 14.3. The van der Waals surface area contributed by atoms with E-state index in [9.17, 15) is 21.2 Å². The summed E-state index contributed by atoms with van der Waals surface area (Å²) in [6.07, 6.45) is 0. The number of sulfonamides is 1. The minimum absolute atomic E-state index is 0.0571. The van der Waals surface area contributed by atoms with Crippen LogP contribution in [0.3, 0.4) is 0 Å². The Morgan fingerprint density at radius 2 is 2.05 bits per heavy atom. The van der Waals surface area contributed by atoms with Crippen LogP contribution in [0.1, 0.15) is 6.92 Å². The highest BCUT2D eigenvalue weighted by molar-refractivity contribution is 9.10. The third kappa shape index (κ3) is 3.22. The van der Waals surface area contributed by atoms with Crippen molar-refractivity contribution in [3.63, 3.8) is 0 Å². The molecular formula is C11H14BrFN2O4S2. The van der Waals surface area contributed by atoms with Crippen molar-refractivity contribution in [1.82, 2.24) is 4.31 Å². The molecule has 2 N–H and O–H groups in total. The summed E-state index contributed by atoms with van der Waals surface area (Å²) >= 11 is 2.91. The van der Waals surface area contributed by atoms with Crippen LogP contribution in [0.15, 0.2) is 21.5 Å². The molecule has 0 aromatic heterocycles. The Morgan fingerprint density at radius 3 is 2.62 bits per heavy atom. The minimum atomic E-state index is -4.15. The van der Waals surface area contributed by atoms with Crippen LogP contribution in [0.2, 0.25) is 0 Å². The molecule has 0 aliphatic carbocycles. The summed E-state index contributed by atoms with van der Waals surface area (Å²) < 4.78 is 63.2. The van der Waals surface area contributed by atoms with Crippen LogP contribution in [-0.2, 0) is 19.9 Å². The predicted octanol–water partition coefficient (Wildman–Crippen LogP) is 0.978. The molecule has 6 nitrogen and oxygen atoms in total. The normalized spacial score (nSPS) is 23.1. The van der Waals surface area contributed by atoms with Crippen molar-refractivity contribution in [1.29, 1.82) is 0 Å². The van der Waals surface area contributed by atoms with E-state index in [0.717, 1.165) is 10.4 Å². The first-order chi connectivity index (χ1) is 9.54. The largest absolute Gasteiger partial charge is 0.399 e. The fourth-order valence-corrected chi connectivity index (χ4v) is 6.37. The molecule has 1 aromatic carbocycles. The van der Waals surface area contributed by atoms with Crippen LogP contribution in [-0.4, -0.2) is 45.2 Å². The van der Waals surface area contributed by atoms with E-state index >= 15 is 0 Å². The first kappa shape index (κ1) is 16.7. The van der Waals surface area contributed by atoms with Gasteiger partial charge in [-0.3, -0.25) is 0 Å². The molecule has 1 aliphatic rings. The zero-order valence-electron chi connectivity index (χ0n) is 11.1. The van der Waals surface area contributed by atoms with Gasteiger partial charge in [0.05, 0.1) is 16.0 Å². The highest BCUT2D eigenvalue weighted by Gasteiger charge is 2.38. The SMILES string of the molecule is CC1CS(=O)(=O)CCN1S(=O)(=O)c1cc(N)cc(Br)c1F. The van der Waals surface area contributed by atoms with E-state index in [1.165, 1.54) is 13.0 Å². The molecule has 21 heavy (non-hydrogen) atoms. The Labute approximate surface area is 131 Å². The van der Waals surface area contributed by atoms with Gasteiger partial charge in [-0.15, -0.1) is 0 Å². The van der Waals surface area contributed by atoms with Gasteiger partial charge in [0.15, 0.2) is 15.7 Å². The van der Waals surface area contributed by atoms with E-state index in [-0.39, 0.29) is 28.2 Å². The fourth-order valence-electron chi connectivity index (χ4n) is 2.24. The van der Waals surface area contributed by atoms with Crippen LogP contribution in [0, 0.1) is 5.82 Å². The Balaban J connectivity index is 2.49. The van der Waals surface area contributed by atoms with Crippen molar-refractivity contribution in [2.45, 2.75) is 17.9 Å². The third-order valence-corrected chi connectivity index (χ3v) is 7.60. The summed E-state index contributed by atoms with van der Waals surface area (Å²) in [5.74, 6) is -1.50. The number of hydrogen-bond donors (Lipinski definition) is 1. The molecule has 1 heterocycles. The van der Waals surface area contributed by atoms with E-state index in [1.54, 1.807) is 0 Å². The van der Waals surface area contributed by atoms with Crippen molar-refractivity contribution in [3.05, 3.63) is 22.4 Å². The second-order valence-corrected chi connectivity index (χ2v) is 9.84. The van der Waals surface area contributed by atoms with E-state index in [0.29, 0.717) is 0 Å². The summed E-state index contributed by atoms with van der Waals surface area (Å²) in [5, 5.41) is 0. The quantitative estimate of drug-likeness (QED) is 0.746. The van der Waals surface area contributed by atoms with Crippen LogP contribution in [0.5, 0.6) is 0 Å². The zero-order chi connectivity index (χ0) is 16.0. The second kappa shape index (κ2) is 5.49. The average Bonchev–Trinajstić information content (AvgIpc) is 2.31. The summed E-state index contributed by atoms with van der Waals surface area (Å²) in [7, 11) is -7.42. The molecular weight excluding hydrogens is 387 g/mol. The van der Waals surface area contributed by atoms with E-state index in [1.807, 2.05) is 0 Å². The van der Waals surface area contributed by atoms with Gasteiger partial charge in [0, 0.05) is 18.3 Å². The highest BCUT2D eigenvalue weighted by atomic mass is 79.9. The lowest BCUT2D eigenvalue weighted by Gasteiger charge is -2.32. The van der Waals surface area contributed by atoms with E-state index in [4.69, 9.17) is 5.73 Å². The molecule has 10 heteroatoms. The first-order valence-corrected chi connectivity index (χ1v) is 10.1. The molecule has 1 atom stereocenters. The Bertz CT molecular complexity index is 780. The second-order valence-electron chi connectivity index (χ2n) is 4.89. The lowest BCUT2D eigenvalue weighted by molar-refractivity contribution is 0.355. The van der Waals surface area contributed by atoms with Crippen molar-refractivity contribution in [2.75, 3.05) is 23.8 Å². The number of nitrogens with two attached hydrogens (primary N) is 1. The maximum absolute atomic E-state index is 14.1. The molecule has 1 fully saturated rings. The summed E-state index contributed by atoms with van der Waals surface area (Å²) in [5.41, 5.74) is 5.65. The van der Waals surface area contributed by atoms with Gasteiger partial charge in [0.25, 0.3) is 0 Å². The highest BCUT2D eigenvalue weighted by Crippen LogP contribution is 2.30.